The molecular formula is C11H24N2O. The van der Waals surface area contributed by atoms with Crippen LogP contribution in [0.15, 0.2) is 0 Å². The molecule has 1 saturated heterocycles. The van der Waals surface area contributed by atoms with Crippen molar-refractivity contribution in [2.24, 2.45) is 0 Å². The lowest BCUT2D eigenvalue weighted by Crippen LogP contribution is -2.36. The first-order chi connectivity index (χ1) is 6.83. The zero-order valence-corrected chi connectivity index (χ0v) is 9.51. The third-order valence-electron chi connectivity index (χ3n) is 2.72. The first kappa shape index (κ1) is 12.0. The zero-order valence-electron chi connectivity index (χ0n) is 9.51. The molecule has 0 amide bonds. The van der Waals surface area contributed by atoms with E-state index in [1.165, 1.54) is 25.8 Å². The van der Waals surface area contributed by atoms with Gasteiger partial charge in [0, 0.05) is 19.2 Å². The Hall–Kier alpha value is -0.120. The largest absolute Gasteiger partial charge is 0.377 e. The number of ether oxygens (including phenoxy) is 1. The molecule has 84 valence electrons. The molecule has 1 fully saturated rings. The van der Waals surface area contributed by atoms with E-state index in [9.17, 15) is 0 Å². The Labute approximate surface area is 87.6 Å². The van der Waals surface area contributed by atoms with E-state index in [0.717, 1.165) is 19.7 Å². The van der Waals surface area contributed by atoms with Gasteiger partial charge in [-0.15, -0.1) is 0 Å². The molecule has 14 heavy (non-hydrogen) atoms. The van der Waals surface area contributed by atoms with Crippen LogP contribution >= 0.6 is 0 Å². The van der Waals surface area contributed by atoms with Gasteiger partial charge in [-0.3, -0.25) is 0 Å². The number of nitrogens with one attached hydrogen (secondary N) is 2. The van der Waals surface area contributed by atoms with Gasteiger partial charge in [-0.2, -0.15) is 0 Å². The summed E-state index contributed by atoms with van der Waals surface area (Å²) in [5, 5.41) is 7.00. The normalized spacial score (nSPS) is 25.7. The molecule has 0 aromatic heterocycles. The van der Waals surface area contributed by atoms with Crippen molar-refractivity contribution in [3.8, 4) is 0 Å². The zero-order chi connectivity index (χ0) is 10.2. The highest BCUT2D eigenvalue weighted by Gasteiger charge is 2.11. The van der Waals surface area contributed by atoms with E-state index in [-0.39, 0.29) is 0 Å². The maximum absolute atomic E-state index is 5.49. The molecule has 3 nitrogen and oxygen atoms in total. The second-order valence-electron chi connectivity index (χ2n) is 4.05. The van der Waals surface area contributed by atoms with Crippen molar-refractivity contribution in [2.75, 3.05) is 26.2 Å². The average Bonchev–Trinajstić information content (AvgIpc) is 2.43. The van der Waals surface area contributed by atoms with E-state index in [4.69, 9.17) is 4.74 Å². The molecule has 1 heterocycles. The Bertz CT molecular complexity index is 133. The summed E-state index contributed by atoms with van der Waals surface area (Å²) >= 11 is 0. The molecular weight excluding hydrogens is 176 g/mol. The minimum atomic E-state index is 0.344. The van der Waals surface area contributed by atoms with E-state index in [2.05, 4.69) is 17.6 Å². The molecule has 0 spiro atoms. The van der Waals surface area contributed by atoms with Crippen molar-refractivity contribution in [3.63, 3.8) is 0 Å². The summed E-state index contributed by atoms with van der Waals surface area (Å²) in [5.74, 6) is 0. The molecule has 0 radical (unpaired) electrons. The molecule has 0 bridgehead atoms. The molecule has 3 heteroatoms. The molecule has 0 aromatic rings. The highest BCUT2D eigenvalue weighted by atomic mass is 16.5. The predicted octanol–water partition coefficient (Wildman–Crippen LogP) is 1.14. The van der Waals surface area contributed by atoms with E-state index >= 15 is 0 Å². The highest BCUT2D eigenvalue weighted by Crippen LogP contribution is 2.04. The van der Waals surface area contributed by atoms with Gasteiger partial charge < -0.3 is 15.4 Å². The summed E-state index contributed by atoms with van der Waals surface area (Å²) in [7, 11) is 0. The number of hydrogen-bond acceptors (Lipinski definition) is 3. The molecule has 1 aliphatic rings. The van der Waals surface area contributed by atoms with Gasteiger partial charge in [0.2, 0.25) is 0 Å². The standard InChI is InChI=1S/C11H24N2O/c1-3-14-10(2)9-13-11-5-4-7-12-8-6-11/h10-13H,3-9H2,1-2H3. The smallest absolute Gasteiger partial charge is 0.0671 e. The number of hydrogen-bond donors (Lipinski definition) is 2. The summed E-state index contributed by atoms with van der Waals surface area (Å²) in [4.78, 5) is 0. The Morgan fingerprint density at radius 1 is 1.43 bits per heavy atom. The Morgan fingerprint density at radius 2 is 2.29 bits per heavy atom. The van der Waals surface area contributed by atoms with Gasteiger partial charge in [0.25, 0.3) is 0 Å². The van der Waals surface area contributed by atoms with Crippen LogP contribution in [0, 0.1) is 0 Å². The molecule has 0 aromatic carbocycles. The van der Waals surface area contributed by atoms with Crippen LogP contribution < -0.4 is 10.6 Å². The van der Waals surface area contributed by atoms with E-state index in [1.807, 2.05) is 6.92 Å². The second-order valence-corrected chi connectivity index (χ2v) is 4.05. The van der Waals surface area contributed by atoms with Crippen molar-refractivity contribution in [1.82, 2.24) is 10.6 Å². The van der Waals surface area contributed by atoms with Crippen molar-refractivity contribution in [2.45, 2.75) is 45.3 Å². The summed E-state index contributed by atoms with van der Waals surface area (Å²) in [5.41, 5.74) is 0. The maximum Gasteiger partial charge on any atom is 0.0671 e. The van der Waals surface area contributed by atoms with Gasteiger partial charge in [-0.25, -0.2) is 0 Å². The molecule has 1 rings (SSSR count). The fourth-order valence-corrected chi connectivity index (χ4v) is 1.90. The quantitative estimate of drug-likeness (QED) is 0.698. The van der Waals surface area contributed by atoms with Gasteiger partial charge in [0.1, 0.15) is 0 Å². The average molecular weight is 200 g/mol. The highest BCUT2D eigenvalue weighted by molar-refractivity contribution is 4.73. The number of rotatable bonds is 5. The lowest BCUT2D eigenvalue weighted by Gasteiger charge is -2.19. The molecule has 2 atom stereocenters. The van der Waals surface area contributed by atoms with Gasteiger partial charge in [-0.1, -0.05) is 0 Å². The van der Waals surface area contributed by atoms with Crippen LogP contribution in [0.4, 0.5) is 0 Å². The van der Waals surface area contributed by atoms with Crippen LogP contribution in [0.1, 0.15) is 33.1 Å². The minimum absolute atomic E-state index is 0.344. The van der Waals surface area contributed by atoms with Crippen LogP contribution in [0.3, 0.4) is 0 Å². The summed E-state index contributed by atoms with van der Waals surface area (Å²) in [6, 6.07) is 0.688. The van der Waals surface area contributed by atoms with Crippen LogP contribution in [0.5, 0.6) is 0 Å². The Morgan fingerprint density at radius 3 is 3.07 bits per heavy atom. The fourth-order valence-electron chi connectivity index (χ4n) is 1.90. The third kappa shape index (κ3) is 4.94. The lowest BCUT2D eigenvalue weighted by molar-refractivity contribution is 0.0736. The Balaban J connectivity index is 2.09. The van der Waals surface area contributed by atoms with E-state index < -0.39 is 0 Å². The monoisotopic (exact) mass is 200 g/mol. The molecule has 2 unspecified atom stereocenters. The van der Waals surface area contributed by atoms with Crippen molar-refractivity contribution >= 4 is 0 Å². The topological polar surface area (TPSA) is 33.3 Å². The van der Waals surface area contributed by atoms with Crippen LogP contribution in [-0.4, -0.2) is 38.4 Å². The van der Waals surface area contributed by atoms with E-state index in [1.54, 1.807) is 0 Å². The van der Waals surface area contributed by atoms with Crippen molar-refractivity contribution in [1.29, 1.82) is 0 Å². The predicted molar refractivity (Wildman–Crippen MR) is 59.6 cm³/mol. The summed E-state index contributed by atoms with van der Waals surface area (Å²) in [6.07, 6.45) is 4.18. The lowest BCUT2D eigenvalue weighted by atomic mass is 10.1. The second kappa shape index (κ2) is 7.21. The van der Waals surface area contributed by atoms with Gasteiger partial charge in [0.05, 0.1) is 6.10 Å². The molecule has 1 aliphatic heterocycles. The Kier molecular flexibility index (Phi) is 6.15. The van der Waals surface area contributed by atoms with Gasteiger partial charge in [-0.05, 0) is 46.2 Å². The molecule has 0 saturated carbocycles. The van der Waals surface area contributed by atoms with Crippen molar-refractivity contribution < 1.29 is 4.74 Å². The first-order valence-corrected chi connectivity index (χ1v) is 5.88. The third-order valence-corrected chi connectivity index (χ3v) is 2.72. The summed E-state index contributed by atoms with van der Waals surface area (Å²) in [6.45, 7) is 8.31. The van der Waals surface area contributed by atoms with Gasteiger partial charge >= 0.3 is 0 Å². The van der Waals surface area contributed by atoms with Crippen LogP contribution in [0.2, 0.25) is 0 Å². The SMILES string of the molecule is CCOC(C)CNC1CCCNCC1. The van der Waals surface area contributed by atoms with Crippen LogP contribution in [-0.2, 0) is 4.74 Å². The fraction of sp³-hybridized carbons (Fsp3) is 1.00. The first-order valence-electron chi connectivity index (χ1n) is 5.88. The molecule has 0 aliphatic carbocycles. The maximum atomic E-state index is 5.49. The minimum Gasteiger partial charge on any atom is -0.377 e. The van der Waals surface area contributed by atoms with Crippen molar-refractivity contribution in [3.05, 3.63) is 0 Å². The van der Waals surface area contributed by atoms with E-state index in [0.29, 0.717) is 12.1 Å². The molecule has 2 N–H and O–H groups in total. The van der Waals surface area contributed by atoms with Gasteiger partial charge in [0.15, 0.2) is 0 Å². The van der Waals surface area contributed by atoms with Crippen LogP contribution in [0.25, 0.3) is 0 Å². The summed E-state index contributed by atoms with van der Waals surface area (Å²) < 4.78 is 5.49.